The molecule has 0 spiro atoms. The maximum absolute atomic E-state index is 11.5. The molecule has 2 unspecified atom stereocenters. The van der Waals surface area contributed by atoms with Crippen LogP contribution in [0, 0.1) is 0 Å². The Balaban J connectivity index is 3.54. The molecule has 0 amide bonds. The van der Waals surface area contributed by atoms with Crippen LogP contribution in [0.1, 0.15) is 40.5 Å². The van der Waals surface area contributed by atoms with Crippen LogP contribution >= 0.6 is 0 Å². The van der Waals surface area contributed by atoms with Crippen molar-refractivity contribution in [2.45, 2.75) is 62.0 Å². The molecule has 0 bridgehead atoms. The third-order valence-electron chi connectivity index (χ3n) is 2.41. The maximum atomic E-state index is 11.5. The molecule has 0 rings (SSSR count). The first-order valence-corrected chi connectivity index (χ1v) is 11.4. The molecule has 0 aliphatic rings. The molecule has 0 aromatic heterocycles. The van der Waals surface area contributed by atoms with E-state index >= 15 is 0 Å². The molecular weight excluding hydrogens is 383 g/mol. The quantitative estimate of drug-likeness (QED) is 0.213. The van der Waals surface area contributed by atoms with Gasteiger partial charge in [-0.25, -0.2) is 0 Å². The van der Waals surface area contributed by atoms with Crippen molar-refractivity contribution in [1.82, 2.24) is 0 Å². The first-order chi connectivity index (χ1) is 9.99. The van der Waals surface area contributed by atoms with Gasteiger partial charge in [0.15, 0.2) is 0 Å². The van der Waals surface area contributed by atoms with Gasteiger partial charge in [-0.15, -0.1) is 0 Å². The minimum atomic E-state index is -0.722. The van der Waals surface area contributed by atoms with Gasteiger partial charge < -0.3 is 0 Å². The monoisotopic (exact) mass is 410 g/mol. The molecule has 0 heterocycles. The van der Waals surface area contributed by atoms with Crippen molar-refractivity contribution >= 4 is 33.1 Å². The Hall–Kier alpha value is -0.341. The Morgan fingerprint density at radius 3 is 1.57 bits per heavy atom. The van der Waals surface area contributed by atoms with Crippen molar-refractivity contribution in [1.29, 1.82) is 0 Å². The number of carbonyl (C=O) groups is 2. The molecule has 0 N–H and O–H groups in total. The van der Waals surface area contributed by atoms with Gasteiger partial charge in [0, 0.05) is 0 Å². The van der Waals surface area contributed by atoms with E-state index in [0.717, 1.165) is 8.87 Å². The summed E-state index contributed by atoms with van der Waals surface area (Å²) in [7, 11) is 0. The van der Waals surface area contributed by atoms with Gasteiger partial charge in [0.25, 0.3) is 0 Å². The zero-order valence-corrected chi connectivity index (χ0v) is 16.2. The predicted octanol–water partition coefficient (Wildman–Crippen LogP) is 2.16. The molecule has 0 fully saturated rings. The summed E-state index contributed by atoms with van der Waals surface area (Å²) in [6, 6.07) is 0. The standard InChI is InChI=1S/2C7H13O3.Sn/c2*1-4-7(8)10-6(3)9-5-2;/h2*6H,1,4-5H2,2-3H3;. The molecule has 2 radical (unpaired) electrons. The van der Waals surface area contributed by atoms with E-state index in [0.29, 0.717) is 26.1 Å². The fourth-order valence-corrected chi connectivity index (χ4v) is 4.42. The molecule has 21 heavy (non-hydrogen) atoms. The van der Waals surface area contributed by atoms with Crippen LogP contribution in [-0.2, 0) is 28.5 Å². The van der Waals surface area contributed by atoms with E-state index in [9.17, 15) is 9.59 Å². The van der Waals surface area contributed by atoms with Gasteiger partial charge in [-0.1, -0.05) is 0 Å². The normalized spacial score (nSPS) is 13.5. The Morgan fingerprint density at radius 1 is 0.857 bits per heavy atom. The number of rotatable bonds is 12. The molecule has 0 aliphatic heterocycles. The molecule has 7 heteroatoms. The van der Waals surface area contributed by atoms with E-state index in [1.54, 1.807) is 13.8 Å². The van der Waals surface area contributed by atoms with E-state index in [-0.39, 0.29) is 11.9 Å². The third kappa shape index (κ3) is 13.1. The van der Waals surface area contributed by atoms with E-state index < -0.39 is 33.7 Å². The van der Waals surface area contributed by atoms with Gasteiger partial charge >= 0.3 is 137 Å². The van der Waals surface area contributed by atoms with Gasteiger partial charge in [0.1, 0.15) is 0 Å². The second kappa shape index (κ2) is 13.3. The Bertz CT molecular complexity index is 269. The van der Waals surface area contributed by atoms with Crippen molar-refractivity contribution in [3.63, 3.8) is 0 Å². The molecule has 0 aliphatic carbocycles. The fraction of sp³-hybridized carbons (Fsp3) is 0.857. The minimum absolute atomic E-state index is 0.232. The van der Waals surface area contributed by atoms with Crippen molar-refractivity contribution in [3.8, 4) is 0 Å². The molecule has 0 aromatic rings. The first-order valence-electron chi connectivity index (χ1n) is 7.32. The Morgan fingerprint density at radius 2 is 1.24 bits per heavy atom. The van der Waals surface area contributed by atoms with E-state index in [4.69, 9.17) is 18.9 Å². The molecule has 122 valence electrons. The molecule has 0 aromatic carbocycles. The van der Waals surface area contributed by atoms with Gasteiger partial charge in [-0.2, -0.15) is 0 Å². The molecule has 0 saturated carbocycles. The van der Waals surface area contributed by atoms with Crippen molar-refractivity contribution in [2.24, 2.45) is 0 Å². The van der Waals surface area contributed by atoms with Crippen LogP contribution in [0.3, 0.4) is 0 Å². The van der Waals surface area contributed by atoms with Crippen LogP contribution in [0.2, 0.25) is 8.87 Å². The van der Waals surface area contributed by atoms with Gasteiger partial charge in [-0.3, -0.25) is 0 Å². The molecule has 2 atom stereocenters. The number of hydrogen-bond donors (Lipinski definition) is 0. The summed E-state index contributed by atoms with van der Waals surface area (Å²) in [5.74, 6) is -0.464. The van der Waals surface area contributed by atoms with Crippen molar-refractivity contribution in [3.05, 3.63) is 0 Å². The van der Waals surface area contributed by atoms with Gasteiger partial charge in [0.05, 0.1) is 0 Å². The topological polar surface area (TPSA) is 71.1 Å². The summed E-state index contributed by atoms with van der Waals surface area (Å²) < 4.78 is 22.1. The van der Waals surface area contributed by atoms with Crippen LogP contribution in [0.15, 0.2) is 0 Å². The van der Waals surface area contributed by atoms with Crippen molar-refractivity contribution < 1.29 is 28.5 Å². The summed E-state index contributed by atoms with van der Waals surface area (Å²) >= 11 is -0.722. The molecule has 6 nitrogen and oxygen atoms in total. The number of carbonyl (C=O) groups excluding carboxylic acids is 2. The second-order valence-corrected chi connectivity index (χ2v) is 8.56. The second-order valence-electron chi connectivity index (χ2n) is 4.28. The van der Waals surface area contributed by atoms with Crippen LogP contribution < -0.4 is 0 Å². The SMILES string of the molecule is CCOC(C)OC(=O)C[CH2][Sn][CH2]CC(=O)OC(C)OCC. The van der Waals surface area contributed by atoms with Crippen LogP contribution in [-0.4, -0.2) is 58.9 Å². The average Bonchev–Trinajstić information content (AvgIpc) is 2.38. The Kier molecular flexibility index (Phi) is 13.1. The third-order valence-corrected chi connectivity index (χ3v) is 5.85. The summed E-state index contributed by atoms with van der Waals surface area (Å²) in [5, 5.41) is 0. The van der Waals surface area contributed by atoms with Crippen molar-refractivity contribution in [2.75, 3.05) is 13.2 Å². The number of ether oxygens (including phenoxy) is 4. The zero-order valence-electron chi connectivity index (χ0n) is 13.3. The number of hydrogen-bond acceptors (Lipinski definition) is 6. The van der Waals surface area contributed by atoms with Gasteiger partial charge in [0.2, 0.25) is 0 Å². The van der Waals surface area contributed by atoms with E-state index in [1.165, 1.54) is 0 Å². The van der Waals surface area contributed by atoms with E-state index in [2.05, 4.69) is 0 Å². The summed E-state index contributed by atoms with van der Waals surface area (Å²) in [5.41, 5.74) is 0. The predicted molar refractivity (Wildman–Crippen MR) is 79.0 cm³/mol. The molecular formula is C14H26O6Sn. The molecule has 0 saturated heterocycles. The summed E-state index contributed by atoms with van der Waals surface area (Å²) in [6.07, 6.45) is -0.145. The van der Waals surface area contributed by atoms with E-state index in [1.807, 2.05) is 13.8 Å². The summed E-state index contributed by atoms with van der Waals surface area (Å²) in [6.45, 7) is 8.16. The van der Waals surface area contributed by atoms with Crippen LogP contribution in [0.4, 0.5) is 0 Å². The van der Waals surface area contributed by atoms with Crippen LogP contribution in [0.25, 0.3) is 0 Å². The zero-order chi connectivity index (χ0) is 16.1. The summed E-state index contributed by atoms with van der Waals surface area (Å²) in [4.78, 5) is 22.9. The first kappa shape index (κ1) is 20.7. The average molecular weight is 409 g/mol. The number of esters is 2. The van der Waals surface area contributed by atoms with Gasteiger partial charge in [-0.05, 0) is 0 Å². The Labute approximate surface area is 137 Å². The van der Waals surface area contributed by atoms with Crippen LogP contribution in [0.5, 0.6) is 0 Å². The fourth-order valence-electron chi connectivity index (χ4n) is 1.53.